The Morgan fingerprint density at radius 3 is 2.67 bits per heavy atom. The summed E-state index contributed by atoms with van der Waals surface area (Å²) in [4.78, 5) is 9.43. The average molecular weight is 241 g/mol. The summed E-state index contributed by atoms with van der Waals surface area (Å²) in [7, 11) is 2.19. The van der Waals surface area contributed by atoms with Crippen molar-refractivity contribution in [1.29, 1.82) is 0 Å². The minimum absolute atomic E-state index is 1.02. The summed E-state index contributed by atoms with van der Waals surface area (Å²) >= 11 is 0. The van der Waals surface area contributed by atoms with Gasteiger partial charge in [0, 0.05) is 44.3 Å². The zero-order valence-corrected chi connectivity index (χ0v) is 10.8. The number of para-hydroxylation sites is 1. The van der Waals surface area contributed by atoms with Crippen LogP contribution in [0.25, 0.3) is 10.9 Å². The molecule has 0 N–H and O–H groups in total. The van der Waals surface area contributed by atoms with Crippen molar-refractivity contribution in [3.63, 3.8) is 0 Å². The summed E-state index contributed by atoms with van der Waals surface area (Å²) in [6.07, 6.45) is 1.88. The number of hydrogen-bond acceptors (Lipinski definition) is 3. The van der Waals surface area contributed by atoms with Crippen molar-refractivity contribution >= 4 is 10.9 Å². The maximum Gasteiger partial charge on any atom is 0.0746 e. The molecular formula is C15H19N3. The topological polar surface area (TPSA) is 19.4 Å². The number of rotatable bonds is 2. The SMILES string of the molecule is CN1CCN(Cc2cccc3cccnc23)CC1. The molecule has 2 heterocycles. The number of aromatic nitrogens is 1. The fourth-order valence-corrected chi connectivity index (χ4v) is 2.54. The molecule has 0 unspecified atom stereocenters. The minimum Gasteiger partial charge on any atom is -0.304 e. The number of pyridine rings is 1. The van der Waals surface area contributed by atoms with Crippen molar-refractivity contribution in [1.82, 2.24) is 14.8 Å². The van der Waals surface area contributed by atoms with E-state index in [0.29, 0.717) is 0 Å². The molecule has 0 radical (unpaired) electrons. The van der Waals surface area contributed by atoms with Crippen LogP contribution in [0, 0.1) is 0 Å². The van der Waals surface area contributed by atoms with Crippen LogP contribution in [0.15, 0.2) is 36.5 Å². The maximum absolute atomic E-state index is 4.52. The second-order valence-electron chi connectivity index (χ2n) is 5.07. The molecule has 0 atom stereocenters. The smallest absolute Gasteiger partial charge is 0.0746 e. The molecule has 1 aromatic carbocycles. The Labute approximate surface area is 108 Å². The van der Waals surface area contributed by atoms with Crippen LogP contribution in [0.2, 0.25) is 0 Å². The molecule has 1 aliphatic heterocycles. The van der Waals surface area contributed by atoms with E-state index in [1.54, 1.807) is 0 Å². The van der Waals surface area contributed by atoms with Crippen molar-refractivity contribution in [2.24, 2.45) is 0 Å². The molecule has 2 aromatic rings. The van der Waals surface area contributed by atoms with Gasteiger partial charge in [-0.05, 0) is 18.7 Å². The lowest BCUT2D eigenvalue weighted by Gasteiger charge is -2.32. The summed E-state index contributed by atoms with van der Waals surface area (Å²) in [5, 5.41) is 1.24. The van der Waals surface area contributed by atoms with E-state index in [1.807, 2.05) is 12.3 Å². The summed E-state index contributed by atoms with van der Waals surface area (Å²) in [6.45, 7) is 5.65. The van der Waals surface area contributed by atoms with Gasteiger partial charge in [-0.2, -0.15) is 0 Å². The first kappa shape index (κ1) is 11.6. The van der Waals surface area contributed by atoms with Crippen LogP contribution in [0.5, 0.6) is 0 Å². The van der Waals surface area contributed by atoms with Gasteiger partial charge in [0.05, 0.1) is 5.52 Å². The van der Waals surface area contributed by atoms with Crippen LogP contribution in [0.4, 0.5) is 0 Å². The Morgan fingerprint density at radius 1 is 1.06 bits per heavy atom. The van der Waals surface area contributed by atoms with Gasteiger partial charge in [0.15, 0.2) is 0 Å². The lowest BCUT2D eigenvalue weighted by atomic mass is 10.1. The van der Waals surface area contributed by atoms with Gasteiger partial charge in [-0.15, -0.1) is 0 Å². The van der Waals surface area contributed by atoms with Crippen molar-refractivity contribution < 1.29 is 0 Å². The normalized spacial score (nSPS) is 18.3. The highest BCUT2D eigenvalue weighted by molar-refractivity contribution is 5.81. The standard InChI is InChI=1S/C15H19N3/c1-17-8-10-18(11-9-17)12-14-5-2-4-13-6-3-7-16-15(13)14/h2-7H,8-12H2,1H3. The number of fused-ring (bicyclic) bond motifs is 1. The van der Waals surface area contributed by atoms with Crippen LogP contribution in [-0.2, 0) is 6.54 Å². The van der Waals surface area contributed by atoms with Crippen LogP contribution in [0.3, 0.4) is 0 Å². The molecule has 0 spiro atoms. The Balaban J connectivity index is 1.82. The zero-order chi connectivity index (χ0) is 12.4. The highest BCUT2D eigenvalue weighted by atomic mass is 15.2. The fourth-order valence-electron chi connectivity index (χ4n) is 2.54. The first-order valence-corrected chi connectivity index (χ1v) is 6.56. The number of likely N-dealkylation sites (N-methyl/N-ethyl adjacent to an activating group) is 1. The van der Waals surface area contributed by atoms with Gasteiger partial charge in [0.2, 0.25) is 0 Å². The predicted molar refractivity (Wildman–Crippen MR) is 74.5 cm³/mol. The quantitative estimate of drug-likeness (QED) is 0.801. The van der Waals surface area contributed by atoms with Crippen molar-refractivity contribution in [3.8, 4) is 0 Å². The Kier molecular flexibility index (Phi) is 3.26. The molecule has 0 saturated carbocycles. The minimum atomic E-state index is 1.02. The number of benzene rings is 1. The molecule has 3 heteroatoms. The molecule has 1 aromatic heterocycles. The van der Waals surface area contributed by atoms with Gasteiger partial charge in [0.25, 0.3) is 0 Å². The monoisotopic (exact) mass is 241 g/mol. The van der Waals surface area contributed by atoms with Crippen molar-refractivity contribution in [3.05, 3.63) is 42.1 Å². The second-order valence-corrected chi connectivity index (χ2v) is 5.07. The van der Waals surface area contributed by atoms with E-state index in [2.05, 4.69) is 46.1 Å². The summed E-state index contributed by atoms with van der Waals surface area (Å²) in [6, 6.07) is 10.6. The molecule has 3 nitrogen and oxygen atoms in total. The van der Waals surface area contributed by atoms with Crippen molar-refractivity contribution in [2.45, 2.75) is 6.54 Å². The highest BCUT2D eigenvalue weighted by Gasteiger charge is 2.14. The van der Waals surface area contributed by atoms with Gasteiger partial charge in [0.1, 0.15) is 0 Å². The lowest BCUT2D eigenvalue weighted by Crippen LogP contribution is -2.43. The number of nitrogens with zero attached hydrogens (tertiary/aromatic N) is 3. The van der Waals surface area contributed by atoms with Crippen LogP contribution in [-0.4, -0.2) is 48.0 Å². The summed E-state index contributed by atoms with van der Waals surface area (Å²) in [5.74, 6) is 0. The van der Waals surface area contributed by atoms with Gasteiger partial charge in [-0.3, -0.25) is 9.88 Å². The third kappa shape index (κ3) is 2.37. The Morgan fingerprint density at radius 2 is 1.83 bits per heavy atom. The Bertz CT molecular complexity index is 525. The predicted octanol–water partition coefficient (Wildman–Crippen LogP) is 1.98. The molecule has 0 bridgehead atoms. The van der Waals surface area contributed by atoms with Crippen LogP contribution >= 0.6 is 0 Å². The van der Waals surface area contributed by atoms with Gasteiger partial charge in [-0.1, -0.05) is 24.3 Å². The first-order valence-electron chi connectivity index (χ1n) is 6.56. The average Bonchev–Trinajstić information content (AvgIpc) is 2.42. The summed E-state index contributed by atoms with van der Waals surface area (Å²) in [5.41, 5.74) is 2.50. The molecule has 94 valence electrons. The molecule has 1 fully saturated rings. The lowest BCUT2D eigenvalue weighted by molar-refractivity contribution is 0.148. The molecule has 18 heavy (non-hydrogen) atoms. The number of hydrogen-bond donors (Lipinski definition) is 0. The van der Waals surface area contributed by atoms with E-state index in [0.717, 1.165) is 38.2 Å². The Hall–Kier alpha value is -1.45. The highest BCUT2D eigenvalue weighted by Crippen LogP contribution is 2.18. The second kappa shape index (κ2) is 5.04. The fraction of sp³-hybridized carbons (Fsp3) is 0.400. The van der Waals surface area contributed by atoms with E-state index in [4.69, 9.17) is 0 Å². The van der Waals surface area contributed by atoms with Gasteiger partial charge < -0.3 is 4.90 Å². The molecule has 1 saturated heterocycles. The van der Waals surface area contributed by atoms with Crippen molar-refractivity contribution in [2.75, 3.05) is 33.2 Å². The summed E-state index contributed by atoms with van der Waals surface area (Å²) < 4.78 is 0. The molecule has 0 amide bonds. The van der Waals surface area contributed by atoms with E-state index < -0.39 is 0 Å². The zero-order valence-electron chi connectivity index (χ0n) is 10.8. The van der Waals surface area contributed by atoms with Crippen LogP contribution < -0.4 is 0 Å². The van der Waals surface area contributed by atoms with E-state index >= 15 is 0 Å². The largest absolute Gasteiger partial charge is 0.304 e. The van der Waals surface area contributed by atoms with E-state index in [9.17, 15) is 0 Å². The van der Waals surface area contributed by atoms with E-state index in [1.165, 1.54) is 10.9 Å². The molecule has 3 rings (SSSR count). The van der Waals surface area contributed by atoms with E-state index in [-0.39, 0.29) is 0 Å². The van der Waals surface area contributed by atoms with Gasteiger partial charge in [-0.25, -0.2) is 0 Å². The maximum atomic E-state index is 4.52. The van der Waals surface area contributed by atoms with Gasteiger partial charge >= 0.3 is 0 Å². The number of piperazine rings is 1. The third-order valence-electron chi connectivity index (χ3n) is 3.71. The first-order chi connectivity index (χ1) is 8.83. The molecule has 1 aliphatic rings. The van der Waals surface area contributed by atoms with Crippen LogP contribution in [0.1, 0.15) is 5.56 Å². The third-order valence-corrected chi connectivity index (χ3v) is 3.71. The molecule has 0 aliphatic carbocycles. The molecular weight excluding hydrogens is 222 g/mol.